The van der Waals surface area contributed by atoms with Gasteiger partial charge in [-0.2, -0.15) is 5.10 Å². The van der Waals surface area contributed by atoms with Gasteiger partial charge in [-0.3, -0.25) is 10.5 Å². The van der Waals surface area contributed by atoms with Crippen LogP contribution >= 0.6 is 27.5 Å². The number of pyridine rings is 1. The van der Waals surface area contributed by atoms with E-state index in [9.17, 15) is 0 Å². The SMILES string of the molecule is Cn1ncc(Br)c1C(NN)c1ccnc(Cl)c1. The molecular weight excluding hydrogens is 306 g/mol. The number of hydrogen-bond donors (Lipinski definition) is 2. The zero-order chi connectivity index (χ0) is 12.4. The molecule has 0 aliphatic heterocycles. The molecule has 5 nitrogen and oxygen atoms in total. The van der Waals surface area contributed by atoms with Crippen LogP contribution in [0.2, 0.25) is 5.15 Å². The molecule has 2 aromatic rings. The molecule has 0 radical (unpaired) electrons. The molecule has 1 atom stereocenters. The summed E-state index contributed by atoms with van der Waals surface area (Å²) in [6, 6.07) is 3.43. The Bertz CT molecular complexity index is 508. The molecule has 0 spiro atoms. The van der Waals surface area contributed by atoms with Crippen molar-refractivity contribution in [2.45, 2.75) is 6.04 Å². The molecule has 7 heteroatoms. The van der Waals surface area contributed by atoms with Gasteiger partial charge in [-0.05, 0) is 33.6 Å². The average Bonchev–Trinajstić information content (AvgIpc) is 2.62. The summed E-state index contributed by atoms with van der Waals surface area (Å²) in [5.41, 5.74) is 4.61. The summed E-state index contributed by atoms with van der Waals surface area (Å²) < 4.78 is 2.64. The molecule has 0 aliphatic rings. The van der Waals surface area contributed by atoms with Crippen molar-refractivity contribution in [3.63, 3.8) is 0 Å². The van der Waals surface area contributed by atoms with Crippen molar-refractivity contribution in [1.82, 2.24) is 20.2 Å². The summed E-state index contributed by atoms with van der Waals surface area (Å²) in [5, 5.41) is 4.59. The van der Waals surface area contributed by atoms with E-state index < -0.39 is 0 Å². The minimum atomic E-state index is -0.197. The third-order valence-electron chi connectivity index (χ3n) is 2.46. The summed E-state index contributed by atoms with van der Waals surface area (Å²) in [7, 11) is 1.85. The summed E-state index contributed by atoms with van der Waals surface area (Å²) in [5.74, 6) is 5.61. The second kappa shape index (κ2) is 5.14. The molecule has 2 heterocycles. The van der Waals surface area contributed by atoms with Crippen LogP contribution in [0.3, 0.4) is 0 Å². The smallest absolute Gasteiger partial charge is 0.129 e. The van der Waals surface area contributed by atoms with Crippen molar-refractivity contribution in [3.8, 4) is 0 Å². The van der Waals surface area contributed by atoms with Gasteiger partial charge in [0.05, 0.1) is 22.4 Å². The molecule has 0 aliphatic carbocycles. The molecule has 0 fully saturated rings. The third-order valence-corrected chi connectivity index (χ3v) is 3.28. The predicted octanol–water partition coefficient (Wildman–Crippen LogP) is 1.78. The Kier molecular flexibility index (Phi) is 3.78. The normalized spacial score (nSPS) is 12.7. The molecule has 0 aromatic carbocycles. The molecule has 2 rings (SSSR count). The number of aromatic nitrogens is 3. The fourth-order valence-corrected chi connectivity index (χ4v) is 2.43. The number of nitrogens with one attached hydrogen (secondary N) is 1. The molecule has 2 aromatic heterocycles. The minimum Gasteiger partial charge on any atom is -0.271 e. The second-order valence-electron chi connectivity index (χ2n) is 3.51. The highest BCUT2D eigenvalue weighted by molar-refractivity contribution is 9.10. The lowest BCUT2D eigenvalue weighted by molar-refractivity contribution is 0.572. The first-order chi connectivity index (χ1) is 8.13. The summed E-state index contributed by atoms with van der Waals surface area (Å²) in [4.78, 5) is 3.95. The third kappa shape index (κ3) is 2.50. The van der Waals surface area contributed by atoms with E-state index in [1.54, 1.807) is 23.1 Å². The number of nitrogens with two attached hydrogens (primary N) is 1. The molecular formula is C10H11BrClN5. The van der Waals surface area contributed by atoms with Gasteiger partial charge in [-0.1, -0.05) is 11.6 Å². The van der Waals surface area contributed by atoms with Crippen molar-refractivity contribution >= 4 is 27.5 Å². The van der Waals surface area contributed by atoms with Crippen LogP contribution in [0.25, 0.3) is 0 Å². The highest BCUT2D eigenvalue weighted by atomic mass is 79.9. The first-order valence-electron chi connectivity index (χ1n) is 4.88. The Hall–Kier alpha value is -0.950. The second-order valence-corrected chi connectivity index (χ2v) is 4.75. The number of hydrogen-bond acceptors (Lipinski definition) is 4. The van der Waals surface area contributed by atoms with Crippen LogP contribution in [-0.2, 0) is 7.05 Å². The number of nitrogens with zero attached hydrogens (tertiary/aromatic N) is 3. The Morgan fingerprint density at radius 2 is 2.35 bits per heavy atom. The first kappa shape index (κ1) is 12.5. The van der Waals surface area contributed by atoms with E-state index >= 15 is 0 Å². The number of halogens is 2. The zero-order valence-corrected chi connectivity index (χ0v) is 11.4. The number of hydrazine groups is 1. The lowest BCUT2D eigenvalue weighted by Crippen LogP contribution is -2.30. The predicted molar refractivity (Wildman–Crippen MR) is 69.3 cm³/mol. The van der Waals surface area contributed by atoms with Crippen LogP contribution in [0.4, 0.5) is 0 Å². The van der Waals surface area contributed by atoms with Crippen LogP contribution in [-0.4, -0.2) is 14.8 Å². The van der Waals surface area contributed by atoms with Gasteiger partial charge >= 0.3 is 0 Å². The van der Waals surface area contributed by atoms with Crippen LogP contribution in [0.5, 0.6) is 0 Å². The van der Waals surface area contributed by atoms with Gasteiger partial charge in [-0.15, -0.1) is 0 Å². The summed E-state index contributed by atoms with van der Waals surface area (Å²) in [6.07, 6.45) is 3.37. The zero-order valence-electron chi connectivity index (χ0n) is 9.06. The lowest BCUT2D eigenvalue weighted by Gasteiger charge is -2.17. The highest BCUT2D eigenvalue weighted by Crippen LogP contribution is 2.28. The van der Waals surface area contributed by atoms with Gasteiger partial charge in [0.2, 0.25) is 0 Å². The summed E-state index contributed by atoms with van der Waals surface area (Å²) >= 11 is 9.32. The fraction of sp³-hybridized carbons (Fsp3) is 0.200. The molecule has 17 heavy (non-hydrogen) atoms. The van der Waals surface area contributed by atoms with Crippen molar-refractivity contribution in [2.24, 2.45) is 12.9 Å². The Morgan fingerprint density at radius 3 is 2.88 bits per heavy atom. The monoisotopic (exact) mass is 315 g/mol. The van der Waals surface area contributed by atoms with Crippen LogP contribution < -0.4 is 11.3 Å². The summed E-state index contributed by atoms with van der Waals surface area (Å²) in [6.45, 7) is 0. The first-order valence-corrected chi connectivity index (χ1v) is 6.05. The van der Waals surface area contributed by atoms with E-state index in [-0.39, 0.29) is 6.04 Å². The Morgan fingerprint density at radius 1 is 1.59 bits per heavy atom. The molecule has 0 bridgehead atoms. The van der Waals surface area contributed by atoms with Crippen LogP contribution in [0.1, 0.15) is 17.3 Å². The average molecular weight is 317 g/mol. The minimum absolute atomic E-state index is 0.197. The van der Waals surface area contributed by atoms with Gasteiger partial charge in [0, 0.05) is 13.2 Å². The Balaban J connectivity index is 2.47. The largest absolute Gasteiger partial charge is 0.271 e. The number of aryl methyl sites for hydroxylation is 1. The van der Waals surface area contributed by atoms with Crippen molar-refractivity contribution in [3.05, 3.63) is 45.4 Å². The van der Waals surface area contributed by atoms with Crippen molar-refractivity contribution in [2.75, 3.05) is 0 Å². The van der Waals surface area contributed by atoms with E-state index in [0.29, 0.717) is 5.15 Å². The van der Waals surface area contributed by atoms with Crippen molar-refractivity contribution in [1.29, 1.82) is 0 Å². The fourth-order valence-electron chi connectivity index (χ4n) is 1.67. The Labute approximate surface area is 112 Å². The van der Waals surface area contributed by atoms with Crippen molar-refractivity contribution < 1.29 is 0 Å². The molecule has 0 saturated heterocycles. The van der Waals surface area contributed by atoms with Gasteiger partial charge in [0.15, 0.2) is 0 Å². The topological polar surface area (TPSA) is 68.8 Å². The van der Waals surface area contributed by atoms with E-state index in [1.165, 1.54) is 0 Å². The maximum Gasteiger partial charge on any atom is 0.129 e. The standard InChI is InChI=1S/C10H11BrClN5/c1-17-10(7(11)5-15-17)9(16-13)6-2-3-14-8(12)4-6/h2-5,9,16H,13H2,1H3. The molecule has 0 amide bonds. The van der Waals surface area contributed by atoms with E-state index in [1.807, 2.05) is 13.1 Å². The van der Waals surface area contributed by atoms with E-state index in [2.05, 4.69) is 31.4 Å². The molecule has 0 saturated carbocycles. The van der Waals surface area contributed by atoms with E-state index in [4.69, 9.17) is 17.4 Å². The maximum atomic E-state index is 5.87. The van der Waals surface area contributed by atoms with Gasteiger partial charge in [-0.25, -0.2) is 10.4 Å². The quantitative estimate of drug-likeness (QED) is 0.514. The van der Waals surface area contributed by atoms with Crippen LogP contribution in [0.15, 0.2) is 29.0 Å². The van der Waals surface area contributed by atoms with Gasteiger partial charge in [0.1, 0.15) is 5.15 Å². The molecule has 90 valence electrons. The highest BCUT2D eigenvalue weighted by Gasteiger charge is 2.19. The van der Waals surface area contributed by atoms with Gasteiger partial charge in [0.25, 0.3) is 0 Å². The maximum absolute atomic E-state index is 5.87. The molecule has 3 N–H and O–H groups in total. The van der Waals surface area contributed by atoms with Gasteiger partial charge < -0.3 is 0 Å². The van der Waals surface area contributed by atoms with E-state index in [0.717, 1.165) is 15.7 Å². The molecule has 1 unspecified atom stereocenters. The number of rotatable bonds is 3. The lowest BCUT2D eigenvalue weighted by atomic mass is 10.1. The van der Waals surface area contributed by atoms with Crippen LogP contribution in [0, 0.1) is 0 Å².